The summed E-state index contributed by atoms with van der Waals surface area (Å²) in [6, 6.07) is 8.06. The third-order valence-corrected chi connectivity index (χ3v) is 3.20. The van der Waals surface area contributed by atoms with Gasteiger partial charge in [-0.25, -0.2) is 0 Å². The topological polar surface area (TPSA) is 29.1 Å². The third kappa shape index (κ3) is 2.03. The summed E-state index contributed by atoms with van der Waals surface area (Å²) in [7, 11) is 1.86. The van der Waals surface area contributed by atoms with Crippen molar-refractivity contribution in [2.45, 2.75) is 13.3 Å². The van der Waals surface area contributed by atoms with E-state index in [1.165, 1.54) is 5.56 Å². The predicted octanol–water partition coefficient (Wildman–Crippen LogP) is 2.70. The fraction of sp³-hybridized carbons (Fsp3) is 0.267. The van der Waals surface area contributed by atoms with E-state index in [0.717, 1.165) is 23.3 Å². The largest absolute Gasteiger partial charge is 0.391 e. The fourth-order valence-corrected chi connectivity index (χ4v) is 2.28. The van der Waals surface area contributed by atoms with Crippen molar-refractivity contribution >= 4 is 11.4 Å². The van der Waals surface area contributed by atoms with E-state index in [1.807, 2.05) is 32.2 Å². The number of carbonyl (C=O) groups excluding carboxylic acids is 1. The maximum atomic E-state index is 12.2. The van der Waals surface area contributed by atoms with Crippen LogP contribution in [0.2, 0.25) is 0 Å². The van der Waals surface area contributed by atoms with Crippen molar-refractivity contribution in [3.05, 3.63) is 53.7 Å². The molecule has 2 nitrogen and oxygen atoms in total. The number of carbonyl (C=O) groups is 1. The molecule has 88 valence electrons. The van der Waals surface area contributed by atoms with Crippen LogP contribution in [0.4, 0.5) is 0 Å². The standard InChI is InChI=1S/C15H17NO/c1-4-11-9-13(16-3)14(15(11)17)12-7-5-6-10(2)8-12/h4-8,11,16H,1,9H2,2-3H3. The molecule has 17 heavy (non-hydrogen) atoms. The molecule has 0 spiro atoms. The molecule has 2 heteroatoms. The average Bonchev–Trinajstić information content (AvgIpc) is 2.65. The number of benzene rings is 1. The minimum absolute atomic E-state index is 0.0760. The zero-order valence-electron chi connectivity index (χ0n) is 10.3. The van der Waals surface area contributed by atoms with Gasteiger partial charge in [-0.1, -0.05) is 35.9 Å². The number of rotatable bonds is 3. The second-order valence-corrected chi connectivity index (χ2v) is 4.38. The monoisotopic (exact) mass is 227 g/mol. The van der Waals surface area contributed by atoms with Gasteiger partial charge >= 0.3 is 0 Å². The van der Waals surface area contributed by atoms with Crippen LogP contribution in [-0.2, 0) is 4.79 Å². The summed E-state index contributed by atoms with van der Waals surface area (Å²) in [4.78, 5) is 12.2. The first-order valence-corrected chi connectivity index (χ1v) is 5.82. The lowest BCUT2D eigenvalue weighted by molar-refractivity contribution is -0.115. The molecule has 0 aliphatic heterocycles. The molecular weight excluding hydrogens is 210 g/mol. The van der Waals surface area contributed by atoms with Crippen LogP contribution in [0.3, 0.4) is 0 Å². The molecule has 1 aliphatic rings. The lowest BCUT2D eigenvalue weighted by Gasteiger charge is -2.06. The van der Waals surface area contributed by atoms with Gasteiger partial charge in [-0.3, -0.25) is 4.79 Å². The lowest BCUT2D eigenvalue weighted by Crippen LogP contribution is -2.06. The van der Waals surface area contributed by atoms with Crippen LogP contribution in [0.25, 0.3) is 5.57 Å². The maximum absolute atomic E-state index is 12.2. The third-order valence-electron chi connectivity index (χ3n) is 3.20. The molecule has 0 radical (unpaired) electrons. The van der Waals surface area contributed by atoms with E-state index in [0.29, 0.717) is 0 Å². The molecule has 0 amide bonds. The fourth-order valence-electron chi connectivity index (χ4n) is 2.28. The van der Waals surface area contributed by atoms with Gasteiger partial charge in [0, 0.05) is 30.7 Å². The predicted molar refractivity (Wildman–Crippen MR) is 70.5 cm³/mol. The molecule has 1 unspecified atom stereocenters. The van der Waals surface area contributed by atoms with Gasteiger partial charge in [0.15, 0.2) is 5.78 Å². The van der Waals surface area contributed by atoms with Gasteiger partial charge in [-0.05, 0) is 12.5 Å². The van der Waals surface area contributed by atoms with Gasteiger partial charge in [0.2, 0.25) is 0 Å². The highest BCUT2D eigenvalue weighted by molar-refractivity contribution is 6.25. The highest BCUT2D eigenvalue weighted by atomic mass is 16.1. The molecule has 0 fully saturated rings. The average molecular weight is 227 g/mol. The Morgan fingerprint density at radius 3 is 2.82 bits per heavy atom. The number of Topliss-reactive ketones (excluding diaryl/α,β-unsaturated/α-hetero) is 1. The highest BCUT2D eigenvalue weighted by Crippen LogP contribution is 2.34. The van der Waals surface area contributed by atoms with Gasteiger partial charge in [-0.15, -0.1) is 6.58 Å². The molecule has 0 heterocycles. The van der Waals surface area contributed by atoms with Crippen LogP contribution >= 0.6 is 0 Å². The molecule has 1 aliphatic carbocycles. The smallest absolute Gasteiger partial charge is 0.172 e. The molecule has 0 bridgehead atoms. The van der Waals surface area contributed by atoms with E-state index in [4.69, 9.17) is 0 Å². The summed E-state index contributed by atoms with van der Waals surface area (Å²) in [6.07, 6.45) is 2.48. The second kappa shape index (κ2) is 4.58. The number of allylic oxidation sites excluding steroid dienone is 3. The molecule has 0 aromatic heterocycles. The highest BCUT2D eigenvalue weighted by Gasteiger charge is 2.31. The van der Waals surface area contributed by atoms with Crippen LogP contribution in [0, 0.1) is 12.8 Å². The first-order valence-electron chi connectivity index (χ1n) is 5.82. The van der Waals surface area contributed by atoms with Crippen molar-refractivity contribution in [3.63, 3.8) is 0 Å². The zero-order chi connectivity index (χ0) is 12.4. The molecule has 1 N–H and O–H groups in total. The van der Waals surface area contributed by atoms with Gasteiger partial charge in [0.1, 0.15) is 0 Å². The maximum Gasteiger partial charge on any atom is 0.172 e. The number of nitrogens with one attached hydrogen (secondary N) is 1. The van der Waals surface area contributed by atoms with E-state index in [2.05, 4.69) is 18.0 Å². The summed E-state index contributed by atoms with van der Waals surface area (Å²) in [6.45, 7) is 5.77. The quantitative estimate of drug-likeness (QED) is 0.804. The van der Waals surface area contributed by atoms with Gasteiger partial charge < -0.3 is 5.32 Å². The molecule has 0 saturated carbocycles. The molecule has 0 saturated heterocycles. The minimum Gasteiger partial charge on any atom is -0.391 e. The molecule has 1 aromatic rings. The van der Waals surface area contributed by atoms with Crippen LogP contribution in [-0.4, -0.2) is 12.8 Å². The molecule has 1 aromatic carbocycles. The Morgan fingerprint density at radius 1 is 1.47 bits per heavy atom. The molecule has 2 rings (SSSR count). The van der Waals surface area contributed by atoms with Crippen molar-refractivity contribution in [2.75, 3.05) is 7.05 Å². The Bertz CT molecular complexity index is 499. The van der Waals surface area contributed by atoms with E-state index >= 15 is 0 Å². The van der Waals surface area contributed by atoms with Crippen molar-refractivity contribution in [1.29, 1.82) is 0 Å². The van der Waals surface area contributed by atoms with Crippen LogP contribution in [0.5, 0.6) is 0 Å². The minimum atomic E-state index is -0.0760. The van der Waals surface area contributed by atoms with E-state index in [-0.39, 0.29) is 11.7 Å². The van der Waals surface area contributed by atoms with Crippen LogP contribution in [0.1, 0.15) is 17.5 Å². The number of hydrogen-bond donors (Lipinski definition) is 1. The lowest BCUT2D eigenvalue weighted by atomic mass is 9.98. The zero-order valence-corrected chi connectivity index (χ0v) is 10.3. The first kappa shape index (κ1) is 11.6. The van der Waals surface area contributed by atoms with E-state index in [9.17, 15) is 4.79 Å². The Labute approximate surface area is 102 Å². The van der Waals surface area contributed by atoms with Crippen molar-refractivity contribution < 1.29 is 4.79 Å². The van der Waals surface area contributed by atoms with Gasteiger partial charge in [0.05, 0.1) is 0 Å². The van der Waals surface area contributed by atoms with Gasteiger partial charge in [0.25, 0.3) is 0 Å². The number of ketones is 1. The van der Waals surface area contributed by atoms with Crippen LogP contribution in [0.15, 0.2) is 42.6 Å². The Balaban J connectivity index is 2.48. The Morgan fingerprint density at radius 2 is 2.24 bits per heavy atom. The second-order valence-electron chi connectivity index (χ2n) is 4.38. The summed E-state index contributed by atoms with van der Waals surface area (Å²) in [5.41, 5.74) is 4.01. The summed E-state index contributed by atoms with van der Waals surface area (Å²) >= 11 is 0. The normalized spacial score (nSPS) is 19.6. The summed E-state index contributed by atoms with van der Waals surface area (Å²) < 4.78 is 0. The SMILES string of the molecule is C=CC1CC(NC)=C(c2cccc(C)c2)C1=O. The Hall–Kier alpha value is -1.83. The summed E-state index contributed by atoms with van der Waals surface area (Å²) in [5.74, 6) is 0.0999. The molecular formula is C15H17NO. The Kier molecular flexibility index (Phi) is 3.14. The number of aryl methyl sites for hydroxylation is 1. The van der Waals surface area contributed by atoms with E-state index in [1.54, 1.807) is 6.08 Å². The van der Waals surface area contributed by atoms with Crippen molar-refractivity contribution in [2.24, 2.45) is 5.92 Å². The van der Waals surface area contributed by atoms with Crippen LogP contribution < -0.4 is 5.32 Å². The van der Waals surface area contributed by atoms with Crippen molar-refractivity contribution in [3.8, 4) is 0 Å². The number of hydrogen-bond acceptors (Lipinski definition) is 2. The first-order chi connectivity index (χ1) is 8.17. The van der Waals surface area contributed by atoms with E-state index < -0.39 is 0 Å². The van der Waals surface area contributed by atoms with Gasteiger partial charge in [-0.2, -0.15) is 0 Å². The van der Waals surface area contributed by atoms with Crippen molar-refractivity contribution in [1.82, 2.24) is 5.32 Å². The summed E-state index contributed by atoms with van der Waals surface area (Å²) in [5, 5.41) is 3.14. The molecule has 1 atom stereocenters.